The molecule has 0 fully saturated rings. The van der Waals surface area contributed by atoms with E-state index in [2.05, 4.69) is 205 Å². The molecule has 0 atom stereocenters. The molecule has 2 aliphatic rings. The van der Waals surface area contributed by atoms with Crippen LogP contribution in [0.4, 0.5) is 17.1 Å². The Morgan fingerprint density at radius 1 is 0.278 bits per heavy atom. The second kappa shape index (κ2) is 11.0. The van der Waals surface area contributed by atoms with Crippen LogP contribution in [0.3, 0.4) is 0 Å². The number of hydrogen-bond donors (Lipinski definition) is 0. The molecule has 0 unspecified atom stereocenters. The monoisotopic (exact) mass is 683 g/mol. The number of rotatable bonds is 3. The molecule has 0 amide bonds. The maximum absolute atomic E-state index is 2.50. The van der Waals surface area contributed by atoms with Crippen LogP contribution in [0.25, 0.3) is 65.3 Å². The van der Waals surface area contributed by atoms with E-state index in [1.54, 1.807) is 0 Å². The molecule has 0 N–H and O–H groups in total. The molecular formula is C53H33N. The smallest absolute Gasteiger partial charge is 0.0726 e. The summed E-state index contributed by atoms with van der Waals surface area (Å²) in [5.41, 5.74) is 13.7. The number of anilines is 3. The lowest BCUT2D eigenvalue weighted by molar-refractivity contribution is 0.793. The van der Waals surface area contributed by atoms with E-state index in [0.717, 1.165) is 17.1 Å². The van der Waals surface area contributed by atoms with E-state index in [0.29, 0.717) is 0 Å². The first-order valence-corrected chi connectivity index (χ1v) is 18.9. The first kappa shape index (κ1) is 29.6. The molecule has 10 aromatic carbocycles. The van der Waals surface area contributed by atoms with Crippen molar-refractivity contribution in [1.29, 1.82) is 0 Å². The van der Waals surface area contributed by atoms with Crippen LogP contribution >= 0.6 is 0 Å². The van der Waals surface area contributed by atoms with Gasteiger partial charge in [-0.1, -0.05) is 170 Å². The molecule has 0 bridgehead atoms. The van der Waals surface area contributed by atoms with Crippen molar-refractivity contribution in [1.82, 2.24) is 0 Å². The molecule has 0 saturated carbocycles. The van der Waals surface area contributed by atoms with Crippen LogP contribution in [0.15, 0.2) is 200 Å². The highest BCUT2D eigenvalue weighted by Crippen LogP contribution is 2.63. The van der Waals surface area contributed by atoms with Gasteiger partial charge in [-0.05, 0) is 113 Å². The molecular weight excluding hydrogens is 651 g/mol. The summed E-state index contributed by atoms with van der Waals surface area (Å²) < 4.78 is 0. The zero-order chi connectivity index (χ0) is 35.4. The van der Waals surface area contributed by atoms with Crippen molar-refractivity contribution < 1.29 is 0 Å². The summed E-state index contributed by atoms with van der Waals surface area (Å²) in [4.78, 5) is 2.50. The topological polar surface area (TPSA) is 3.24 Å². The molecule has 10 aromatic rings. The van der Waals surface area contributed by atoms with Gasteiger partial charge < -0.3 is 4.90 Å². The van der Waals surface area contributed by atoms with Gasteiger partial charge in [-0.3, -0.25) is 0 Å². The Morgan fingerprint density at radius 3 is 1.31 bits per heavy atom. The van der Waals surface area contributed by atoms with Crippen molar-refractivity contribution in [3.8, 4) is 22.3 Å². The number of nitrogens with zero attached hydrogens (tertiary/aromatic N) is 1. The van der Waals surface area contributed by atoms with Crippen LogP contribution in [-0.2, 0) is 5.41 Å². The van der Waals surface area contributed by atoms with Crippen molar-refractivity contribution in [2.75, 3.05) is 4.90 Å². The highest BCUT2D eigenvalue weighted by atomic mass is 15.1. The van der Waals surface area contributed by atoms with Gasteiger partial charge in [-0.25, -0.2) is 0 Å². The van der Waals surface area contributed by atoms with Gasteiger partial charge >= 0.3 is 0 Å². The molecule has 0 aromatic heterocycles. The Labute approximate surface area is 314 Å². The fourth-order valence-corrected chi connectivity index (χ4v) is 10.1. The summed E-state index contributed by atoms with van der Waals surface area (Å²) >= 11 is 0. The normalized spacial score (nSPS) is 13.3. The van der Waals surface area contributed by atoms with Crippen molar-refractivity contribution >= 4 is 60.2 Å². The number of benzene rings is 10. The van der Waals surface area contributed by atoms with Crippen LogP contribution in [0.2, 0.25) is 0 Å². The minimum Gasteiger partial charge on any atom is -0.310 e. The Hall–Kier alpha value is -6.96. The first-order valence-electron chi connectivity index (χ1n) is 18.9. The number of fused-ring (bicyclic) bond motifs is 17. The third-order valence-corrected chi connectivity index (χ3v) is 12.2. The highest BCUT2D eigenvalue weighted by molar-refractivity contribution is 6.26. The molecule has 250 valence electrons. The first-order chi connectivity index (χ1) is 26.8. The van der Waals surface area contributed by atoms with Crippen LogP contribution in [0.1, 0.15) is 22.3 Å². The van der Waals surface area contributed by atoms with Crippen molar-refractivity contribution in [2.45, 2.75) is 5.41 Å². The van der Waals surface area contributed by atoms with E-state index in [4.69, 9.17) is 0 Å². The van der Waals surface area contributed by atoms with E-state index < -0.39 is 5.41 Å². The summed E-state index contributed by atoms with van der Waals surface area (Å²) in [6, 6.07) is 74.6. The van der Waals surface area contributed by atoms with E-state index in [-0.39, 0.29) is 0 Å². The lowest BCUT2D eigenvalue weighted by Crippen LogP contribution is -2.26. The fourth-order valence-electron chi connectivity index (χ4n) is 10.1. The Balaban J connectivity index is 1.17. The average Bonchev–Trinajstić information content (AvgIpc) is 3.71. The second-order valence-electron chi connectivity index (χ2n) is 14.8. The minimum atomic E-state index is -0.419. The lowest BCUT2D eigenvalue weighted by atomic mass is 9.70. The van der Waals surface area contributed by atoms with E-state index in [1.165, 1.54) is 87.6 Å². The lowest BCUT2D eigenvalue weighted by Gasteiger charge is -2.32. The Bertz CT molecular complexity index is 3080. The molecule has 0 heterocycles. The van der Waals surface area contributed by atoms with Crippen LogP contribution < -0.4 is 4.90 Å². The Kier molecular flexibility index (Phi) is 6.04. The van der Waals surface area contributed by atoms with Crippen LogP contribution in [-0.4, -0.2) is 0 Å². The van der Waals surface area contributed by atoms with Gasteiger partial charge in [-0.15, -0.1) is 0 Å². The maximum atomic E-state index is 2.50. The van der Waals surface area contributed by atoms with E-state index in [9.17, 15) is 0 Å². The predicted molar refractivity (Wildman–Crippen MR) is 227 cm³/mol. The summed E-state index contributed by atoms with van der Waals surface area (Å²) in [5, 5.41) is 10.1. The van der Waals surface area contributed by atoms with E-state index in [1.807, 2.05) is 0 Å². The molecule has 1 heteroatoms. The zero-order valence-electron chi connectivity index (χ0n) is 29.5. The summed E-state index contributed by atoms with van der Waals surface area (Å²) in [6.07, 6.45) is 0. The number of hydrogen-bond acceptors (Lipinski definition) is 1. The van der Waals surface area contributed by atoms with Crippen LogP contribution in [0.5, 0.6) is 0 Å². The van der Waals surface area contributed by atoms with Gasteiger partial charge in [0.2, 0.25) is 0 Å². The quantitative estimate of drug-likeness (QED) is 0.168. The molecule has 2 aliphatic carbocycles. The highest BCUT2D eigenvalue weighted by Gasteiger charge is 2.51. The summed E-state index contributed by atoms with van der Waals surface area (Å²) in [5.74, 6) is 0. The molecule has 12 rings (SSSR count). The second-order valence-corrected chi connectivity index (χ2v) is 14.8. The van der Waals surface area contributed by atoms with Gasteiger partial charge in [0.15, 0.2) is 0 Å². The maximum Gasteiger partial charge on any atom is 0.0726 e. The predicted octanol–water partition coefficient (Wildman–Crippen LogP) is 14.1. The SMILES string of the molecule is c1ccc2c(c1)-c1ccccc1C21c2ccccc2-c2ccc(N(c3ccc4c5ccccc5c5ccccc5c4c3)c3cccc4ccccc34)cc21. The Morgan fingerprint density at radius 2 is 0.704 bits per heavy atom. The average molecular weight is 684 g/mol. The van der Waals surface area contributed by atoms with Gasteiger partial charge in [0.25, 0.3) is 0 Å². The third-order valence-electron chi connectivity index (χ3n) is 12.2. The van der Waals surface area contributed by atoms with Gasteiger partial charge in [0, 0.05) is 16.8 Å². The van der Waals surface area contributed by atoms with Gasteiger partial charge in [-0.2, -0.15) is 0 Å². The molecule has 54 heavy (non-hydrogen) atoms. The standard InChI is InChI=1S/C53H33N/c1-2-16-37-34(14-1)15-13-27-52(37)54(35-28-30-42-40-19-4-3-17-38(40)39-18-5-6-20-41(39)47(42)32-35)36-29-31-46-45-23-9-12-26-50(45)53(51(46)33-36)48-24-10-7-21-43(48)44-22-8-11-25-49(44)53/h1-33H. The van der Waals surface area contributed by atoms with E-state index >= 15 is 0 Å². The van der Waals surface area contributed by atoms with Gasteiger partial charge in [0.1, 0.15) is 0 Å². The molecule has 0 saturated heterocycles. The molecule has 0 radical (unpaired) electrons. The molecule has 1 spiro atoms. The zero-order valence-corrected chi connectivity index (χ0v) is 29.5. The minimum absolute atomic E-state index is 0.419. The third kappa shape index (κ3) is 3.83. The fraction of sp³-hybridized carbons (Fsp3) is 0.0189. The van der Waals surface area contributed by atoms with Crippen LogP contribution in [0, 0.1) is 0 Å². The van der Waals surface area contributed by atoms with Gasteiger partial charge in [0.05, 0.1) is 11.1 Å². The molecule has 1 nitrogen and oxygen atoms in total. The van der Waals surface area contributed by atoms with Crippen molar-refractivity contribution in [3.05, 3.63) is 222 Å². The largest absolute Gasteiger partial charge is 0.310 e. The summed E-state index contributed by atoms with van der Waals surface area (Å²) in [7, 11) is 0. The summed E-state index contributed by atoms with van der Waals surface area (Å²) in [6.45, 7) is 0. The molecule has 0 aliphatic heterocycles. The van der Waals surface area contributed by atoms with Crippen molar-refractivity contribution in [3.63, 3.8) is 0 Å². The van der Waals surface area contributed by atoms with Crippen molar-refractivity contribution in [2.24, 2.45) is 0 Å².